The third-order valence-corrected chi connectivity index (χ3v) is 7.19. The van der Waals surface area contributed by atoms with Gasteiger partial charge in [0.1, 0.15) is 11.5 Å². The largest absolute Gasteiger partial charge is 0.462 e. The van der Waals surface area contributed by atoms with Crippen LogP contribution in [-0.4, -0.2) is 55.5 Å². The predicted molar refractivity (Wildman–Crippen MR) is 164 cm³/mol. The molecule has 0 unspecified atom stereocenters. The van der Waals surface area contributed by atoms with Gasteiger partial charge in [0.2, 0.25) is 5.91 Å². The number of carbonyl (C=O) groups is 3. The Labute approximate surface area is 257 Å². The molecule has 2 heterocycles. The first-order chi connectivity index (χ1) is 21.6. The van der Waals surface area contributed by atoms with E-state index in [2.05, 4.69) is 5.32 Å². The summed E-state index contributed by atoms with van der Waals surface area (Å²) in [4.78, 5) is 42.2. The van der Waals surface area contributed by atoms with E-state index in [1.165, 1.54) is 30.4 Å². The lowest BCUT2D eigenvalue weighted by molar-refractivity contribution is -0.137. The lowest BCUT2D eigenvalue weighted by Crippen LogP contribution is -2.49. The Morgan fingerprint density at radius 2 is 1.64 bits per heavy atom. The Hall–Kier alpha value is -5.32. The number of halogens is 3. The lowest BCUT2D eigenvalue weighted by atomic mass is 10.1. The molecule has 1 aromatic heterocycles. The van der Waals surface area contributed by atoms with E-state index >= 15 is 0 Å². The number of carbonyl (C=O) groups excluding carboxylic acids is 3. The smallest absolute Gasteiger partial charge is 0.416 e. The van der Waals surface area contributed by atoms with Gasteiger partial charge in [-0.05, 0) is 67.6 Å². The molecule has 8 nitrogen and oxygen atoms in total. The number of esters is 1. The second-order valence-corrected chi connectivity index (χ2v) is 10.2. The van der Waals surface area contributed by atoms with Crippen LogP contribution in [-0.2, 0) is 15.7 Å². The molecule has 0 aliphatic carbocycles. The molecule has 0 bridgehead atoms. The van der Waals surface area contributed by atoms with Crippen LogP contribution in [0.2, 0.25) is 0 Å². The monoisotopic (exact) mass is 617 g/mol. The molecule has 232 valence electrons. The van der Waals surface area contributed by atoms with Gasteiger partial charge in [0.05, 0.1) is 29.1 Å². The van der Waals surface area contributed by atoms with Gasteiger partial charge in [-0.3, -0.25) is 9.59 Å². The predicted octanol–water partition coefficient (Wildman–Crippen LogP) is 6.76. The molecule has 4 aromatic rings. The number of ether oxygens (including phenoxy) is 1. The summed E-state index contributed by atoms with van der Waals surface area (Å²) in [6, 6.07) is 21.8. The van der Waals surface area contributed by atoms with Crippen LogP contribution in [0.25, 0.3) is 17.4 Å². The molecule has 1 N–H and O–H groups in total. The van der Waals surface area contributed by atoms with Crippen LogP contribution in [0.4, 0.5) is 24.5 Å². The Kier molecular flexibility index (Phi) is 9.36. The number of anilines is 2. The van der Waals surface area contributed by atoms with E-state index in [1.54, 1.807) is 48.2 Å². The summed E-state index contributed by atoms with van der Waals surface area (Å²) in [6.45, 7) is 3.82. The van der Waals surface area contributed by atoms with Gasteiger partial charge in [0, 0.05) is 43.4 Å². The van der Waals surface area contributed by atoms with Gasteiger partial charge >= 0.3 is 12.1 Å². The van der Waals surface area contributed by atoms with Crippen molar-refractivity contribution in [1.82, 2.24) is 4.90 Å². The Balaban J connectivity index is 1.30. The first-order valence-corrected chi connectivity index (χ1v) is 14.3. The highest BCUT2D eigenvalue weighted by molar-refractivity contribution is 6.05. The third-order valence-electron chi connectivity index (χ3n) is 7.19. The Bertz CT molecular complexity index is 1710. The molecule has 0 atom stereocenters. The second kappa shape index (κ2) is 13.5. The zero-order valence-corrected chi connectivity index (χ0v) is 24.3. The highest BCUT2D eigenvalue weighted by Crippen LogP contribution is 2.33. The van der Waals surface area contributed by atoms with Crippen LogP contribution in [0.3, 0.4) is 0 Å². The topological polar surface area (TPSA) is 92.1 Å². The molecule has 1 fully saturated rings. The minimum absolute atomic E-state index is 0.0549. The summed E-state index contributed by atoms with van der Waals surface area (Å²) < 4.78 is 50.1. The molecule has 0 radical (unpaired) electrons. The van der Waals surface area contributed by atoms with Crippen LogP contribution in [0.15, 0.2) is 95.4 Å². The zero-order valence-electron chi connectivity index (χ0n) is 24.3. The second-order valence-electron chi connectivity index (χ2n) is 10.2. The third kappa shape index (κ3) is 7.61. The summed E-state index contributed by atoms with van der Waals surface area (Å²) in [5.41, 5.74) is 1.37. The van der Waals surface area contributed by atoms with Crippen molar-refractivity contribution in [3.63, 3.8) is 0 Å². The van der Waals surface area contributed by atoms with E-state index < -0.39 is 23.6 Å². The molecule has 1 aliphatic heterocycles. The first-order valence-electron chi connectivity index (χ1n) is 14.3. The normalized spacial score (nSPS) is 13.6. The van der Waals surface area contributed by atoms with E-state index in [0.717, 1.165) is 12.1 Å². The van der Waals surface area contributed by atoms with E-state index in [0.29, 0.717) is 43.1 Å². The van der Waals surface area contributed by atoms with Crippen molar-refractivity contribution in [1.29, 1.82) is 0 Å². The zero-order chi connectivity index (χ0) is 32.0. The number of rotatable bonds is 8. The fourth-order valence-electron chi connectivity index (χ4n) is 4.95. The van der Waals surface area contributed by atoms with Crippen LogP contribution < -0.4 is 10.2 Å². The molecular formula is C34H30F3N3O5. The van der Waals surface area contributed by atoms with Crippen LogP contribution >= 0.6 is 0 Å². The van der Waals surface area contributed by atoms with Crippen molar-refractivity contribution < 1.29 is 36.7 Å². The maximum Gasteiger partial charge on any atom is 0.416 e. The summed E-state index contributed by atoms with van der Waals surface area (Å²) in [5.74, 6) is -0.633. The maximum atomic E-state index is 13.1. The molecule has 0 saturated carbocycles. The quantitative estimate of drug-likeness (QED) is 0.174. The van der Waals surface area contributed by atoms with Crippen molar-refractivity contribution in [3.05, 3.63) is 113 Å². The van der Waals surface area contributed by atoms with Crippen molar-refractivity contribution in [2.75, 3.05) is 43.0 Å². The van der Waals surface area contributed by atoms with Gasteiger partial charge in [0.25, 0.3) is 5.91 Å². The number of alkyl halides is 3. The maximum absolute atomic E-state index is 13.1. The van der Waals surface area contributed by atoms with Crippen molar-refractivity contribution in [3.8, 4) is 11.3 Å². The molecule has 45 heavy (non-hydrogen) atoms. The van der Waals surface area contributed by atoms with Crippen molar-refractivity contribution in [2.45, 2.75) is 13.1 Å². The molecular weight excluding hydrogens is 587 g/mol. The number of benzene rings is 3. The molecule has 11 heteroatoms. The molecule has 2 amide bonds. The summed E-state index contributed by atoms with van der Waals surface area (Å²) in [6.07, 6.45) is -1.86. The SMILES string of the molecule is CCOC(=O)c1ccc(N2CCN(C(=O)c3ccccc3)CC2)c(NC(=O)/C=C/c2ccc(-c3cccc(C(F)(F)F)c3)o2)c1. The number of hydrogen-bond acceptors (Lipinski definition) is 6. The summed E-state index contributed by atoms with van der Waals surface area (Å²) in [7, 11) is 0. The van der Waals surface area contributed by atoms with Gasteiger partial charge in [-0.1, -0.05) is 30.3 Å². The van der Waals surface area contributed by atoms with Gasteiger partial charge in [-0.15, -0.1) is 0 Å². The molecule has 3 aromatic carbocycles. The minimum atomic E-state index is -4.49. The summed E-state index contributed by atoms with van der Waals surface area (Å²) >= 11 is 0. The van der Waals surface area contributed by atoms with Gasteiger partial charge < -0.3 is 24.3 Å². The van der Waals surface area contributed by atoms with Crippen LogP contribution in [0, 0.1) is 0 Å². The number of amides is 2. The average Bonchev–Trinajstić information content (AvgIpc) is 3.53. The fraction of sp³-hybridized carbons (Fsp3) is 0.206. The Morgan fingerprint density at radius 1 is 0.889 bits per heavy atom. The highest BCUT2D eigenvalue weighted by atomic mass is 19.4. The highest BCUT2D eigenvalue weighted by Gasteiger charge is 2.30. The van der Waals surface area contributed by atoms with Gasteiger partial charge in [-0.25, -0.2) is 4.79 Å². The summed E-state index contributed by atoms with van der Waals surface area (Å²) in [5, 5.41) is 2.82. The van der Waals surface area contributed by atoms with Crippen molar-refractivity contribution in [2.24, 2.45) is 0 Å². The van der Waals surface area contributed by atoms with E-state index in [4.69, 9.17) is 9.15 Å². The van der Waals surface area contributed by atoms with Crippen LogP contribution in [0.5, 0.6) is 0 Å². The number of nitrogens with zero attached hydrogens (tertiary/aromatic N) is 2. The Morgan fingerprint density at radius 3 is 2.36 bits per heavy atom. The fourth-order valence-corrected chi connectivity index (χ4v) is 4.95. The molecule has 1 aliphatic rings. The number of nitrogens with one attached hydrogen (secondary N) is 1. The number of furan rings is 1. The molecule has 0 spiro atoms. The van der Waals surface area contributed by atoms with E-state index in [1.807, 2.05) is 23.1 Å². The standard InChI is InChI=1S/C34H30F3N3O5/c1-2-44-33(43)25-11-14-29(39-17-19-40(20-18-39)32(42)23-7-4-3-5-8-23)28(22-25)38-31(41)16-13-27-12-15-30(45-27)24-9-6-10-26(21-24)34(35,36)37/h3-16,21-22H,2,17-20H2,1H3,(H,38,41)/b16-13+. The molecule has 5 rings (SSSR count). The minimum Gasteiger partial charge on any atom is -0.462 e. The average molecular weight is 618 g/mol. The number of piperazine rings is 1. The first kappa shape index (κ1) is 31.1. The van der Waals surface area contributed by atoms with Gasteiger partial charge in [-0.2, -0.15) is 13.2 Å². The van der Waals surface area contributed by atoms with Gasteiger partial charge in [0.15, 0.2) is 0 Å². The molecule has 1 saturated heterocycles. The lowest BCUT2D eigenvalue weighted by Gasteiger charge is -2.37. The van der Waals surface area contributed by atoms with E-state index in [-0.39, 0.29) is 35.2 Å². The van der Waals surface area contributed by atoms with Crippen molar-refractivity contribution >= 4 is 35.2 Å². The van der Waals surface area contributed by atoms with E-state index in [9.17, 15) is 27.6 Å². The number of hydrogen-bond donors (Lipinski definition) is 1. The van der Waals surface area contributed by atoms with Crippen LogP contribution in [0.1, 0.15) is 39.0 Å².